The average molecular weight is 221 g/mol. The van der Waals surface area contributed by atoms with Crippen molar-refractivity contribution in [2.45, 2.75) is 25.0 Å². The first-order valence-corrected chi connectivity index (χ1v) is 5.90. The molecule has 0 saturated carbocycles. The van der Waals surface area contributed by atoms with Gasteiger partial charge in [0.15, 0.2) is 0 Å². The van der Waals surface area contributed by atoms with Gasteiger partial charge in [-0.05, 0) is 18.4 Å². The molecule has 1 saturated heterocycles. The van der Waals surface area contributed by atoms with Gasteiger partial charge in [0, 0.05) is 13.2 Å². The predicted molar refractivity (Wildman–Crippen MR) is 63.4 cm³/mol. The molecule has 1 aliphatic rings. The van der Waals surface area contributed by atoms with Gasteiger partial charge in [-0.25, -0.2) is 0 Å². The largest absolute Gasteiger partial charge is 0.395 e. The molecule has 1 fully saturated rings. The van der Waals surface area contributed by atoms with Crippen LogP contribution < -0.4 is 5.32 Å². The zero-order valence-corrected chi connectivity index (χ0v) is 9.43. The summed E-state index contributed by atoms with van der Waals surface area (Å²) in [6, 6.07) is 10.6. The van der Waals surface area contributed by atoms with Gasteiger partial charge < -0.3 is 15.2 Å². The number of hydrogen-bond donors (Lipinski definition) is 2. The predicted octanol–water partition coefficient (Wildman–Crippen LogP) is 0.968. The van der Waals surface area contributed by atoms with Gasteiger partial charge in [0.1, 0.15) is 0 Å². The maximum atomic E-state index is 8.95. The van der Waals surface area contributed by atoms with Crippen molar-refractivity contribution < 1.29 is 9.84 Å². The van der Waals surface area contributed by atoms with E-state index in [2.05, 4.69) is 29.6 Å². The first kappa shape index (κ1) is 11.6. The second-order valence-corrected chi connectivity index (χ2v) is 4.20. The van der Waals surface area contributed by atoms with Crippen LogP contribution in [0.25, 0.3) is 0 Å². The Morgan fingerprint density at radius 3 is 2.75 bits per heavy atom. The van der Waals surface area contributed by atoms with Crippen molar-refractivity contribution >= 4 is 0 Å². The lowest BCUT2D eigenvalue weighted by molar-refractivity contribution is -0.0347. The molecular weight excluding hydrogens is 202 g/mol. The van der Waals surface area contributed by atoms with Gasteiger partial charge in [0.25, 0.3) is 0 Å². The van der Waals surface area contributed by atoms with Crippen molar-refractivity contribution in [3.63, 3.8) is 0 Å². The van der Waals surface area contributed by atoms with Crippen molar-refractivity contribution in [2.24, 2.45) is 0 Å². The minimum absolute atomic E-state index is 0.150. The van der Waals surface area contributed by atoms with Crippen LogP contribution in [0, 0.1) is 0 Å². The second kappa shape index (κ2) is 5.99. The van der Waals surface area contributed by atoms with Gasteiger partial charge in [-0.15, -0.1) is 0 Å². The highest BCUT2D eigenvalue weighted by molar-refractivity contribution is 5.14. The number of rotatable bonds is 6. The Bertz CT molecular complexity index is 300. The first-order valence-electron chi connectivity index (χ1n) is 5.90. The van der Waals surface area contributed by atoms with Crippen molar-refractivity contribution in [3.8, 4) is 0 Å². The Morgan fingerprint density at radius 2 is 2.12 bits per heavy atom. The van der Waals surface area contributed by atoms with E-state index < -0.39 is 0 Å². The third kappa shape index (κ3) is 3.04. The fourth-order valence-corrected chi connectivity index (χ4v) is 1.89. The molecule has 0 aromatic heterocycles. The number of nitrogens with one attached hydrogen (secondary N) is 1. The molecule has 2 N–H and O–H groups in total. The van der Waals surface area contributed by atoms with E-state index in [1.807, 2.05) is 6.07 Å². The van der Waals surface area contributed by atoms with E-state index in [0.717, 1.165) is 26.0 Å². The maximum Gasteiger partial charge on any atom is 0.0874 e. The summed E-state index contributed by atoms with van der Waals surface area (Å²) in [4.78, 5) is 0. The summed E-state index contributed by atoms with van der Waals surface area (Å²) in [6.07, 6.45) is 2.31. The van der Waals surface area contributed by atoms with Crippen LogP contribution in [-0.2, 0) is 11.2 Å². The van der Waals surface area contributed by atoms with Crippen molar-refractivity contribution in [1.82, 2.24) is 5.32 Å². The van der Waals surface area contributed by atoms with Crippen LogP contribution in [-0.4, -0.2) is 37.0 Å². The molecular formula is C13H19NO2. The van der Waals surface area contributed by atoms with Crippen molar-refractivity contribution in [3.05, 3.63) is 35.9 Å². The molecule has 88 valence electrons. The third-order valence-corrected chi connectivity index (χ3v) is 3.01. The van der Waals surface area contributed by atoms with E-state index in [4.69, 9.17) is 9.84 Å². The molecule has 2 unspecified atom stereocenters. The van der Waals surface area contributed by atoms with Crippen LogP contribution in [0.3, 0.4) is 0 Å². The lowest BCUT2D eigenvalue weighted by Gasteiger charge is -2.36. The summed E-state index contributed by atoms with van der Waals surface area (Å²) in [5.74, 6) is 0. The summed E-state index contributed by atoms with van der Waals surface area (Å²) < 4.78 is 5.68. The number of benzene rings is 1. The van der Waals surface area contributed by atoms with E-state index in [0.29, 0.717) is 0 Å². The molecule has 3 nitrogen and oxygen atoms in total. The molecule has 1 heterocycles. The molecule has 0 aliphatic carbocycles. The quantitative estimate of drug-likeness (QED) is 0.703. The molecule has 0 amide bonds. The van der Waals surface area contributed by atoms with E-state index in [-0.39, 0.29) is 18.8 Å². The SMILES string of the molecule is OCC1NCC1OCCCc1ccccc1. The van der Waals surface area contributed by atoms with E-state index in [9.17, 15) is 0 Å². The molecule has 16 heavy (non-hydrogen) atoms. The summed E-state index contributed by atoms with van der Waals surface area (Å²) in [6.45, 7) is 1.82. The fraction of sp³-hybridized carbons (Fsp3) is 0.538. The van der Waals surface area contributed by atoms with Crippen LogP contribution >= 0.6 is 0 Å². The van der Waals surface area contributed by atoms with Crippen LogP contribution in [0.2, 0.25) is 0 Å². The third-order valence-electron chi connectivity index (χ3n) is 3.01. The Hall–Kier alpha value is -0.900. The lowest BCUT2D eigenvalue weighted by atomic mass is 10.0. The van der Waals surface area contributed by atoms with E-state index in [1.54, 1.807) is 0 Å². The lowest BCUT2D eigenvalue weighted by Crippen LogP contribution is -2.60. The highest BCUT2D eigenvalue weighted by Crippen LogP contribution is 2.09. The van der Waals surface area contributed by atoms with Gasteiger partial charge in [0.05, 0.1) is 18.8 Å². The number of aliphatic hydroxyl groups excluding tert-OH is 1. The molecule has 2 rings (SSSR count). The summed E-state index contributed by atoms with van der Waals surface area (Å²) >= 11 is 0. The van der Waals surface area contributed by atoms with Crippen LogP contribution in [0.4, 0.5) is 0 Å². The van der Waals surface area contributed by atoms with Crippen molar-refractivity contribution in [1.29, 1.82) is 0 Å². The van der Waals surface area contributed by atoms with Gasteiger partial charge in [0.2, 0.25) is 0 Å². The number of ether oxygens (including phenoxy) is 1. The average Bonchev–Trinajstić information content (AvgIpc) is 2.29. The topological polar surface area (TPSA) is 41.5 Å². The number of hydrogen-bond acceptors (Lipinski definition) is 3. The van der Waals surface area contributed by atoms with Crippen LogP contribution in [0.1, 0.15) is 12.0 Å². The van der Waals surface area contributed by atoms with E-state index in [1.165, 1.54) is 5.56 Å². The molecule has 2 atom stereocenters. The molecule has 3 heteroatoms. The molecule has 1 aromatic rings. The fourth-order valence-electron chi connectivity index (χ4n) is 1.89. The van der Waals surface area contributed by atoms with Crippen LogP contribution in [0.5, 0.6) is 0 Å². The summed E-state index contributed by atoms with van der Waals surface area (Å²) in [5.41, 5.74) is 1.36. The molecule has 0 spiro atoms. The standard InChI is InChI=1S/C13H19NO2/c15-10-12-13(9-14-12)16-8-4-7-11-5-2-1-3-6-11/h1-3,5-6,12-15H,4,7-10H2. The Morgan fingerprint density at radius 1 is 1.31 bits per heavy atom. The molecule has 0 bridgehead atoms. The summed E-state index contributed by atoms with van der Waals surface area (Å²) in [7, 11) is 0. The summed E-state index contributed by atoms with van der Waals surface area (Å²) in [5, 5.41) is 12.1. The Labute approximate surface area is 96.4 Å². The van der Waals surface area contributed by atoms with Gasteiger partial charge >= 0.3 is 0 Å². The smallest absolute Gasteiger partial charge is 0.0874 e. The highest BCUT2D eigenvalue weighted by Gasteiger charge is 2.29. The number of aryl methyl sites for hydroxylation is 1. The maximum absolute atomic E-state index is 8.95. The number of aliphatic hydroxyl groups is 1. The minimum atomic E-state index is 0.150. The monoisotopic (exact) mass is 221 g/mol. The zero-order valence-electron chi connectivity index (χ0n) is 9.43. The van der Waals surface area contributed by atoms with E-state index >= 15 is 0 Å². The highest BCUT2D eigenvalue weighted by atomic mass is 16.5. The Balaban J connectivity index is 1.59. The normalized spacial score (nSPS) is 24.1. The van der Waals surface area contributed by atoms with Gasteiger partial charge in [-0.1, -0.05) is 30.3 Å². The molecule has 1 aromatic carbocycles. The van der Waals surface area contributed by atoms with Crippen molar-refractivity contribution in [2.75, 3.05) is 19.8 Å². The minimum Gasteiger partial charge on any atom is -0.395 e. The zero-order chi connectivity index (χ0) is 11.2. The van der Waals surface area contributed by atoms with Crippen LogP contribution in [0.15, 0.2) is 30.3 Å². The Kier molecular flexibility index (Phi) is 4.34. The first-order chi connectivity index (χ1) is 7.90. The van der Waals surface area contributed by atoms with Gasteiger partial charge in [-0.3, -0.25) is 0 Å². The van der Waals surface area contributed by atoms with Gasteiger partial charge in [-0.2, -0.15) is 0 Å². The second-order valence-electron chi connectivity index (χ2n) is 4.20. The molecule has 0 radical (unpaired) electrons. The molecule has 1 aliphatic heterocycles.